The van der Waals surface area contributed by atoms with Crippen molar-refractivity contribution in [2.75, 3.05) is 7.11 Å². The maximum absolute atomic E-state index is 13.1. The van der Waals surface area contributed by atoms with E-state index in [-0.39, 0.29) is 5.82 Å². The third kappa shape index (κ3) is 4.98. The molecule has 0 bridgehead atoms. The second-order valence-corrected chi connectivity index (χ2v) is 6.92. The smallest absolute Gasteiger partial charge is 0.250 e. The van der Waals surface area contributed by atoms with Crippen LogP contribution in [0.3, 0.4) is 0 Å². The molecule has 0 atom stereocenters. The lowest BCUT2D eigenvalue weighted by Gasteiger charge is -2.12. The van der Waals surface area contributed by atoms with Crippen molar-refractivity contribution in [3.63, 3.8) is 0 Å². The molecule has 0 amide bonds. The van der Waals surface area contributed by atoms with Gasteiger partial charge in [0.2, 0.25) is 5.82 Å². The highest BCUT2D eigenvalue weighted by atomic mass is 19.1. The molecule has 0 saturated carbocycles. The van der Waals surface area contributed by atoms with Crippen LogP contribution in [0.1, 0.15) is 22.6 Å². The summed E-state index contributed by atoms with van der Waals surface area (Å²) in [6.45, 7) is 2.39. The average Bonchev–Trinajstić information content (AvgIpc) is 3.27. The molecule has 1 aromatic heterocycles. The molecule has 0 radical (unpaired) electrons. The number of hydrogen-bond acceptors (Lipinski definition) is 5. The average molecular weight is 416 g/mol. The Balaban J connectivity index is 1.49. The van der Waals surface area contributed by atoms with E-state index in [1.165, 1.54) is 12.1 Å². The molecular weight excluding hydrogens is 395 g/mol. The van der Waals surface area contributed by atoms with Crippen molar-refractivity contribution >= 4 is 12.2 Å². The van der Waals surface area contributed by atoms with Gasteiger partial charge in [-0.3, -0.25) is 0 Å². The van der Waals surface area contributed by atoms with Gasteiger partial charge in [0.15, 0.2) is 0 Å². The molecule has 0 spiro atoms. The molecule has 4 rings (SSSR count). The fraction of sp³-hybridized carbons (Fsp3) is 0.120. The van der Waals surface area contributed by atoms with E-state index in [0.717, 1.165) is 28.2 Å². The first-order chi connectivity index (χ1) is 15.1. The van der Waals surface area contributed by atoms with Crippen molar-refractivity contribution in [1.82, 2.24) is 10.1 Å². The van der Waals surface area contributed by atoms with E-state index < -0.39 is 0 Å². The van der Waals surface area contributed by atoms with Gasteiger partial charge in [0.25, 0.3) is 5.89 Å². The van der Waals surface area contributed by atoms with E-state index >= 15 is 0 Å². The van der Waals surface area contributed by atoms with Crippen LogP contribution in [0.5, 0.6) is 11.5 Å². The van der Waals surface area contributed by atoms with Crippen molar-refractivity contribution < 1.29 is 18.4 Å². The van der Waals surface area contributed by atoms with Crippen LogP contribution >= 0.6 is 0 Å². The molecule has 1 heterocycles. The summed E-state index contributed by atoms with van der Waals surface area (Å²) in [5, 5.41) is 3.94. The van der Waals surface area contributed by atoms with Crippen LogP contribution in [0.2, 0.25) is 0 Å². The number of hydrogen-bond donors (Lipinski definition) is 0. The van der Waals surface area contributed by atoms with Gasteiger partial charge in [0, 0.05) is 17.2 Å². The van der Waals surface area contributed by atoms with E-state index in [1.54, 1.807) is 25.3 Å². The minimum Gasteiger partial charge on any atom is -0.496 e. The summed E-state index contributed by atoms with van der Waals surface area (Å²) >= 11 is 0. The summed E-state index contributed by atoms with van der Waals surface area (Å²) in [7, 11) is 1.64. The van der Waals surface area contributed by atoms with Crippen molar-refractivity contribution in [3.05, 3.63) is 95.1 Å². The molecule has 0 fully saturated rings. The van der Waals surface area contributed by atoms with Crippen LogP contribution in [-0.2, 0) is 6.61 Å². The lowest BCUT2D eigenvalue weighted by molar-refractivity contribution is 0.295. The second-order valence-electron chi connectivity index (χ2n) is 6.92. The van der Waals surface area contributed by atoms with Crippen LogP contribution in [0, 0.1) is 12.7 Å². The lowest BCUT2D eigenvalue weighted by Crippen LogP contribution is -2.00. The quantitative estimate of drug-likeness (QED) is 0.373. The zero-order valence-corrected chi connectivity index (χ0v) is 17.2. The Hall–Kier alpha value is -3.93. The largest absolute Gasteiger partial charge is 0.496 e. The standard InChI is InChI=1S/C25H21FN2O3/c1-17-5-3-4-6-22(17)30-16-20-15-18(7-13-23(20)29-2)8-14-24-27-25(28-31-24)19-9-11-21(26)12-10-19/h3-15H,16H2,1-2H3/b14-8-. The van der Waals surface area contributed by atoms with Crippen molar-refractivity contribution in [2.45, 2.75) is 13.5 Å². The van der Waals surface area contributed by atoms with Crippen molar-refractivity contribution in [2.24, 2.45) is 0 Å². The van der Waals surface area contributed by atoms with Crippen LogP contribution in [0.15, 0.2) is 71.3 Å². The van der Waals surface area contributed by atoms with Crippen molar-refractivity contribution in [3.8, 4) is 22.9 Å². The first kappa shape index (κ1) is 20.3. The number of aryl methyl sites for hydroxylation is 1. The summed E-state index contributed by atoms with van der Waals surface area (Å²) in [5.41, 5.74) is 3.62. The predicted molar refractivity (Wildman–Crippen MR) is 117 cm³/mol. The fourth-order valence-corrected chi connectivity index (χ4v) is 3.08. The number of halogens is 1. The van der Waals surface area contributed by atoms with Crippen LogP contribution in [0.25, 0.3) is 23.5 Å². The molecule has 3 aromatic carbocycles. The third-order valence-corrected chi connectivity index (χ3v) is 4.74. The van der Waals surface area contributed by atoms with Gasteiger partial charge in [-0.2, -0.15) is 4.98 Å². The summed E-state index contributed by atoms with van der Waals surface area (Å²) in [5.74, 6) is 2.04. The minimum absolute atomic E-state index is 0.311. The van der Waals surface area contributed by atoms with Gasteiger partial charge < -0.3 is 14.0 Å². The number of para-hydroxylation sites is 1. The van der Waals surface area contributed by atoms with E-state index in [2.05, 4.69) is 10.1 Å². The molecule has 6 heteroatoms. The molecule has 5 nitrogen and oxygen atoms in total. The highest BCUT2D eigenvalue weighted by Gasteiger charge is 2.08. The van der Waals surface area contributed by atoms with E-state index in [9.17, 15) is 4.39 Å². The van der Waals surface area contributed by atoms with Crippen molar-refractivity contribution in [1.29, 1.82) is 0 Å². The zero-order chi connectivity index (χ0) is 21.6. The maximum atomic E-state index is 13.1. The zero-order valence-electron chi connectivity index (χ0n) is 17.2. The Labute approximate surface area is 179 Å². The molecule has 0 saturated heterocycles. The Bertz CT molecular complexity index is 1200. The van der Waals surface area contributed by atoms with E-state index in [1.807, 2.05) is 55.5 Å². The van der Waals surface area contributed by atoms with Crippen LogP contribution in [-0.4, -0.2) is 17.3 Å². The highest BCUT2D eigenvalue weighted by Crippen LogP contribution is 2.25. The molecule has 0 aliphatic carbocycles. The molecule has 0 aliphatic rings. The molecule has 0 aliphatic heterocycles. The summed E-state index contributed by atoms with van der Waals surface area (Å²) in [6, 6.07) is 19.6. The number of rotatable bonds is 7. The highest BCUT2D eigenvalue weighted by molar-refractivity contribution is 5.68. The maximum Gasteiger partial charge on any atom is 0.250 e. The van der Waals surface area contributed by atoms with Gasteiger partial charge in [0.1, 0.15) is 23.9 Å². The number of nitrogens with zero attached hydrogens (tertiary/aromatic N) is 2. The summed E-state index contributed by atoms with van der Waals surface area (Å²) < 4.78 is 29.8. The normalized spacial score (nSPS) is 11.1. The topological polar surface area (TPSA) is 57.4 Å². The second kappa shape index (κ2) is 9.26. The number of aromatic nitrogens is 2. The number of methoxy groups -OCH3 is 1. The van der Waals surface area contributed by atoms with E-state index in [0.29, 0.717) is 23.9 Å². The van der Waals surface area contributed by atoms with Gasteiger partial charge in [-0.25, -0.2) is 4.39 Å². The fourth-order valence-electron chi connectivity index (χ4n) is 3.08. The van der Waals surface area contributed by atoms with Gasteiger partial charge in [0.05, 0.1) is 7.11 Å². The van der Waals surface area contributed by atoms with Crippen LogP contribution < -0.4 is 9.47 Å². The lowest BCUT2D eigenvalue weighted by atomic mass is 10.1. The Morgan fingerprint density at radius 2 is 1.77 bits per heavy atom. The molecule has 0 N–H and O–H groups in total. The van der Waals surface area contributed by atoms with Gasteiger partial charge in [-0.1, -0.05) is 29.4 Å². The van der Waals surface area contributed by atoms with Gasteiger partial charge in [-0.15, -0.1) is 0 Å². The Morgan fingerprint density at radius 3 is 2.55 bits per heavy atom. The first-order valence-corrected chi connectivity index (χ1v) is 9.75. The molecule has 4 aromatic rings. The Morgan fingerprint density at radius 1 is 0.968 bits per heavy atom. The predicted octanol–water partition coefficient (Wildman–Crippen LogP) is 5.94. The first-order valence-electron chi connectivity index (χ1n) is 9.75. The molecule has 0 unspecified atom stereocenters. The van der Waals surface area contributed by atoms with Crippen LogP contribution in [0.4, 0.5) is 4.39 Å². The SMILES string of the molecule is COc1ccc(/C=C\c2nc(-c3ccc(F)cc3)no2)cc1COc1ccccc1C. The molecular formula is C25H21FN2O3. The van der Waals surface area contributed by atoms with E-state index in [4.69, 9.17) is 14.0 Å². The number of ether oxygens (including phenoxy) is 2. The number of benzene rings is 3. The summed E-state index contributed by atoms with van der Waals surface area (Å²) in [6.07, 6.45) is 3.60. The minimum atomic E-state index is -0.311. The Kier molecular flexibility index (Phi) is 6.08. The van der Waals surface area contributed by atoms with Gasteiger partial charge >= 0.3 is 0 Å². The third-order valence-electron chi connectivity index (χ3n) is 4.74. The molecule has 156 valence electrons. The monoisotopic (exact) mass is 416 g/mol. The van der Waals surface area contributed by atoms with Gasteiger partial charge in [-0.05, 0) is 66.6 Å². The summed E-state index contributed by atoms with van der Waals surface area (Å²) in [4.78, 5) is 4.33. The molecule has 31 heavy (non-hydrogen) atoms.